The summed E-state index contributed by atoms with van der Waals surface area (Å²) in [5.74, 6) is -0.0913. The third-order valence-electron chi connectivity index (χ3n) is 3.52. The van der Waals surface area contributed by atoms with Gasteiger partial charge in [0.15, 0.2) is 0 Å². The Morgan fingerprint density at radius 3 is 2.33 bits per heavy atom. The number of hydrogen-bond donors (Lipinski definition) is 2. The number of hydrogen-bond acceptors (Lipinski definition) is 4. The summed E-state index contributed by atoms with van der Waals surface area (Å²) in [5.41, 5.74) is 5.85. The largest absolute Gasteiger partial charge is 0.497 e. The number of carboxylic acid groups (broad SMARTS) is 1. The number of methoxy groups -OCH3 is 1. The Labute approximate surface area is 106 Å². The van der Waals surface area contributed by atoms with Crippen LogP contribution < -0.4 is 15.4 Å². The fourth-order valence-electron chi connectivity index (χ4n) is 2.17. The normalized spacial score (nSPS) is 18.4. The minimum absolute atomic E-state index is 0.467. The van der Waals surface area contributed by atoms with E-state index in [1.165, 1.54) is 0 Å². The fraction of sp³-hybridized carbons (Fsp3) is 0.462. The molecule has 5 nitrogen and oxygen atoms in total. The van der Waals surface area contributed by atoms with Crippen LogP contribution in [0.2, 0.25) is 0 Å². The number of ether oxygens (including phenoxy) is 1. The molecule has 18 heavy (non-hydrogen) atoms. The Morgan fingerprint density at radius 1 is 1.33 bits per heavy atom. The summed E-state index contributed by atoms with van der Waals surface area (Å²) in [4.78, 5) is 13.2. The summed E-state index contributed by atoms with van der Waals surface area (Å²) >= 11 is 0. The molecule has 0 radical (unpaired) electrons. The monoisotopic (exact) mass is 250 g/mol. The fourth-order valence-corrected chi connectivity index (χ4v) is 2.17. The average Bonchev–Trinajstić information content (AvgIpc) is 2.40. The molecule has 3 N–H and O–H groups in total. The lowest BCUT2D eigenvalue weighted by Crippen LogP contribution is -2.55. The zero-order valence-electron chi connectivity index (χ0n) is 10.4. The zero-order valence-corrected chi connectivity index (χ0v) is 10.4. The Morgan fingerprint density at radius 2 is 1.89 bits per heavy atom. The van der Waals surface area contributed by atoms with Gasteiger partial charge in [0.05, 0.1) is 7.11 Å². The minimum atomic E-state index is -1.07. The van der Waals surface area contributed by atoms with Gasteiger partial charge >= 0.3 is 5.97 Å². The van der Waals surface area contributed by atoms with Crippen molar-refractivity contribution in [1.82, 2.24) is 0 Å². The van der Waals surface area contributed by atoms with Gasteiger partial charge in [0.25, 0.3) is 0 Å². The molecule has 0 atom stereocenters. The van der Waals surface area contributed by atoms with Crippen LogP contribution in [0.1, 0.15) is 12.8 Å². The van der Waals surface area contributed by atoms with Crippen molar-refractivity contribution < 1.29 is 14.6 Å². The topological polar surface area (TPSA) is 75.8 Å². The van der Waals surface area contributed by atoms with Gasteiger partial charge < -0.3 is 20.5 Å². The highest BCUT2D eigenvalue weighted by molar-refractivity contribution is 5.79. The minimum Gasteiger partial charge on any atom is -0.497 e. The molecular formula is C13H18N2O3. The molecule has 1 aromatic carbocycles. The van der Waals surface area contributed by atoms with Crippen LogP contribution in [-0.4, -0.2) is 36.8 Å². The van der Waals surface area contributed by atoms with Gasteiger partial charge in [0.1, 0.15) is 11.3 Å². The molecular weight excluding hydrogens is 232 g/mol. The standard InChI is InChI=1S/C13H18N2O3/c1-18-11-4-2-10(3-5-11)15-8-6-13(14,7-9-15)12(16)17/h2-5H,6-9,14H2,1H3,(H,16,17). The molecule has 0 aromatic heterocycles. The van der Waals surface area contributed by atoms with E-state index in [9.17, 15) is 4.79 Å². The maximum atomic E-state index is 11.0. The van der Waals surface area contributed by atoms with E-state index in [-0.39, 0.29) is 0 Å². The molecule has 0 aliphatic carbocycles. The second-order valence-electron chi connectivity index (χ2n) is 4.65. The summed E-state index contributed by atoms with van der Waals surface area (Å²) in [5, 5.41) is 9.06. The van der Waals surface area contributed by atoms with E-state index in [1.807, 2.05) is 24.3 Å². The van der Waals surface area contributed by atoms with Crippen LogP contribution in [-0.2, 0) is 4.79 Å². The van der Waals surface area contributed by atoms with Crippen LogP contribution in [0, 0.1) is 0 Å². The van der Waals surface area contributed by atoms with Crippen LogP contribution in [0.5, 0.6) is 5.75 Å². The maximum Gasteiger partial charge on any atom is 0.323 e. The molecule has 1 aliphatic rings. The molecule has 1 heterocycles. The summed E-state index contributed by atoms with van der Waals surface area (Å²) in [6.45, 7) is 1.32. The smallest absolute Gasteiger partial charge is 0.323 e. The number of nitrogens with two attached hydrogens (primary N) is 1. The van der Waals surface area contributed by atoms with Gasteiger partial charge in [0.2, 0.25) is 0 Å². The van der Waals surface area contributed by atoms with Gasteiger partial charge in [0, 0.05) is 18.8 Å². The molecule has 5 heteroatoms. The lowest BCUT2D eigenvalue weighted by molar-refractivity contribution is -0.144. The summed E-state index contributed by atoms with van der Waals surface area (Å²) in [6, 6.07) is 7.75. The number of carboxylic acids is 1. The van der Waals surface area contributed by atoms with Gasteiger partial charge in [-0.3, -0.25) is 4.79 Å². The molecule has 0 bridgehead atoms. The Hall–Kier alpha value is -1.75. The zero-order chi connectivity index (χ0) is 13.2. The van der Waals surface area contributed by atoms with Crippen molar-refractivity contribution in [3.63, 3.8) is 0 Å². The first-order chi connectivity index (χ1) is 8.55. The van der Waals surface area contributed by atoms with Crippen LogP contribution in [0.25, 0.3) is 0 Å². The number of carbonyl (C=O) groups is 1. The molecule has 2 rings (SSSR count). The molecule has 1 fully saturated rings. The van der Waals surface area contributed by atoms with Crippen molar-refractivity contribution in [2.24, 2.45) is 5.73 Å². The summed E-state index contributed by atoms with van der Waals surface area (Å²) in [6.07, 6.45) is 0.933. The molecule has 0 saturated carbocycles. The SMILES string of the molecule is COc1ccc(N2CCC(N)(C(=O)O)CC2)cc1. The van der Waals surface area contributed by atoms with Gasteiger partial charge in [-0.2, -0.15) is 0 Å². The highest BCUT2D eigenvalue weighted by Gasteiger charge is 2.37. The third kappa shape index (κ3) is 2.41. The van der Waals surface area contributed by atoms with Crippen LogP contribution in [0.3, 0.4) is 0 Å². The number of aliphatic carboxylic acids is 1. The molecule has 1 saturated heterocycles. The lowest BCUT2D eigenvalue weighted by atomic mass is 9.88. The Bertz CT molecular complexity index is 422. The van der Waals surface area contributed by atoms with Crippen molar-refractivity contribution in [3.8, 4) is 5.75 Å². The van der Waals surface area contributed by atoms with E-state index in [0.717, 1.165) is 11.4 Å². The molecule has 1 aromatic rings. The molecule has 1 aliphatic heterocycles. The van der Waals surface area contributed by atoms with Gasteiger partial charge in [-0.25, -0.2) is 0 Å². The number of anilines is 1. The first kappa shape index (κ1) is 12.7. The first-order valence-electron chi connectivity index (χ1n) is 5.96. The first-order valence-corrected chi connectivity index (χ1v) is 5.96. The van der Waals surface area contributed by atoms with Gasteiger partial charge in [-0.05, 0) is 37.1 Å². The predicted molar refractivity (Wildman–Crippen MR) is 69.0 cm³/mol. The quantitative estimate of drug-likeness (QED) is 0.839. The average molecular weight is 250 g/mol. The summed E-state index contributed by atoms with van der Waals surface area (Å²) in [7, 11) is 1.63. The van der Waals surface area contributed by atoms with E-state index < -0.39 is 11.5 Å². The van der Waals surface area contributed by atoms with Crippen molar-refractivity contribution >= 4 is 11.7 Å². The second-order valence-corrected chi connectivity index (χ2v) is 4.65. The summed E-state index contributed by atoms with van der Waals surface area (Å²) < 4.78 is 5.10. The van der Waals surface area contributed by atoms with Crippen LogP contribution >= 0.6 is 0 Å². The molecule has 0 amide bonds. The van der Waals surface area contributed by atoms with E-state index >= 15 is 0 Å². The van der Waals surface area contributed by atoms with Crippen LogP contribution in [0.15, 0.2) is 24.3 Å². The van der Waals surface area contributed by atoms with Crippen molar-refractivity contribution in [3.05, 3.63) is 24.3 Å². The Balaban J connectivity index is 2.03. The van der Waals surface area contributed by atoms with Crippen LogP contribution in [0.4, 0.5) is 5.69 Å². The van der Waals surface area contributed by atoms with Gasteiger partial charge in [-0.1, -0.05) is 0 Å². The van der Waals surface area contributed by atoms with E-state index in [1.54, 1.807) is 7.11 Å². The van der Waals surface area contributed by atoms with Crippen molar-refractivity contribution in [2.75, 3.05) is 25.1 Å². The number of piperidine rings is 1. The van der Waals surface area contributed by atoms with E-state index in [0.29, 0.717) is 25.9 Å². The second kappa shape index (κ2) is 4.86. The van der Waals surface area contributed by atoms with Crippen molar-refractivity contribution in [2.45, 2.75) is 18.4 Å². The highest BCUT2D eigenvalue weighted by atomic mass is 16.5. The van der Waals surface area contributed by atoms with Gasteiger partial charge in [-0.15, -0.1) is 0 Å². The molecule has 98 valence electrons. The Kier molecular flexibility index (Phi) is 3.43. The highest BCUT2D eigenvalue weighted by Crippen LogP contribution is 2.26. The predicted octanol–water partition coefficient (Wildman–Crippen LogP) is 1.08. The van der Waals surface area contributed by atoms with E-state index in [2.05, 4.69) is 4.90 Å². The van der Waals surface area contributed by atoms with E-state index in [4.69, 9.17) is 15.6 Å². The molecule has 0 spiro atoms. The maximum absolute atomic E-state index is 11.0. The molecule has 0 unspecified atom stereocenters. The number of nitrogens with zero attached hydrogens (tertiary/aromatic N) is 1. The lowest BCUT2D eigenvalue weighted by Gasteiger charge is -2.37. The number of rotatable bonds is 3. The number of benzene rings is 1. The third-order valence-corrected chi connectivity index (χ3v) is 3.52. The van der Waals surface area contributed by atoms with Crippen molar-refractivity contribution in [1.29, 1.82) is 0 Å².